The summed E-state index contributed by atoms with van der Waals surface area (Å²) in [6.07, 6.45) is 0. The van der Waals surface area contributed by atoms with Crippen LogP contribution in [0.15, 0.2) is 29.2 Å². The van der Waals surface area contributed by atoms with Crippen molar-refractivity contribution in [1.29, 1.82) is 0 Å². The van der Waals surface area contributed by atoms with Crippen LogP contribution in [0.3, 0.4) is 0 Å². The lowest BCUT2D eigenvalue weighted by atomic mass is 10.2. The summed E-state index contributed by atoms with van der Waals surface area (Å²) in [5.41, 5.74) is 1.70. The molecule has 0 spiro atoms. The number of ether oxygens (including phenoxy) is 1. The van der Waals surface area contributed by atoms with Crippen molar-refractivity contribution >= 4 is 23.4 Å². The second-order valence-corrected chi connectivity index (χ2v) is 5.85. The van der Waals surface area contributed by atoms with Crippen LogP contribution in [0.5, 0.6) is 6.01 Å². The number of nitrogens with zero attached hydrogens (tertiary/aromatic N) is 2. The maximum atomic E-state index is 12.6. The summed E-state index contributed by atoms with van der Waals surface area (Å²) in [7, 11) is 0. The quantitative estimate of drug-likeness (QED) is 0.794. The van der Waals surface area contributed by atoms with Crippen LogP contribution in [0.1, 0.15) is 28.7 Å². The molecule has 24 heavy (non-hydrogen) atoms. The number of carbonyl (C=O) groups excluding carboxylic acids is 1. The van der Waals surface area contributed by atoms with E-state index in [-0.39, 0.29) is 16.5 Å². The number of amides is 1. The van der Waals surface area contributed by atoms with Crippen molar-refractivity contribution in [3.8, 4) is 6.01 Å². The Balaban J connectivity index is 2.28. The monoisotopic (exact) mass is 353 g/mol. The number of nitrogens with one attached hydrogen (secondary N) is 1. The van der Waals surface area contributed by atoms with E-state index < -0.39 is 11.7 Å². The molecule has 0 atom stereocenters. The second-order valence-electron chi connectivity index (χ2n) is 4.81. The number of aryl methyl sites for hydroxylation is 2. The minimum atomic E-state index is -2.60. The largest absolute Gasteiger partial charge is 0.464 e. The van der Waals surface area contributed by atoms with E-state index >= 15 is 0 Å². The summed E-state index contributed by atoms with van der Waals surface area (Å²) < 4.78 is 30.5. The molecule has 1 amide bonds. The van der Waals surface area contributed by atoms with Crippen molar-refractivity contribution in [2.45, 2.75) is 31.4 Å². The Morgan fingerprint density at radius 3 is 2.46 bits per heavy atom. The van der Waals surface area contributed by atoms with E-state index in [0.717, 1.165) is 0 Å². The van der Waals surface area contributed by atoms with Gasteiger partial charge < -0.3 is 10.1 Å². The fourth-order valence-electron chi connectivity index (χ4n) is 2.09. The minimum Gasteiger partial charge on any atom is -0.464 e. The van der Waals surface area contributed by atoms with Crippen molar-refractivity contribution in [1.82, 2.24) is 9.97 Å². The molecule has 2 rings (SSSR count). The van der Waals surface area contributed by atoms with Crippen LogP contribution < -0.4 is 10.1 Å². The van der Waals surface area contributed by atoms with Gasteiger partial charge in [-0.05, 0) is 32.9 Å². The molecule has 128 valence electrons. The van der Waals surface area contributed by atoms with E-state index in [9.17, 15) is 13.6 Å². The minimum absolute atomic E-state index is 0.176. The first kappa shape index (κ1) is 18.1. The van der Waals surface area contributed by atoms with Crippen molar-refractivity contribution in [2.24, 2.45) is 0 Å². The van der Waals surface area contributed by atoms with Gasteiger partial charge in [0.25, 0.3) is 11.7 Å². The van der Waals surface area contributed by atoms with Crippen LogP contribution in [0.25, 0.3) is 0 Å². The summed E-state index contributed by atoms with van der Waals surface area (Å²) in [4.78, 5) is 21.0. The van der Waals surface area contributed by atoms with Gasteiger partial charge in [-0.15, -0.1) is 0 Å². The lowest BCUT2D eigenvalue weighted by Crippen LogP contribution is -2.16. The lowest BCUT2D eigenvalue weighted by molar-refractivity contribution is 0.102. The highest BCUT2D eigenvalue weighted by molar-refractivity contribution is 7.99. The Kier molecular flexibility index (Phi) is 6.08. The average Bonchev–Trinajstić information content (AvgIpc) is 2.51. The Morgan fingerprint density at radius 1 is 1.25 bits per heavy atom. The first-order chi connectivity index (χ1) is 11.4. The van der Waals surface area contributed by atoms with Crippen molar-refractivity contribution in [2.75, 3.05) is 11.9 Å². The molecule has 0 aliphatic rings. The number of alkyl halides is 2. The van der Waals surface area contributed by atoms with Gasteiger partial charge in [0.15, 0.2) is 0 Å². The molecule has 0 bridgehead atoms. The van der Waals surface area contributed by atoms with Crippen LogP contribution in [-0.4, -0.2) is 28.2 Å². The third kappa shape index (κ3) is 4.41. The van der Waals surface area contributed by atoms with Crippen LogP contribution in [0.4, 0.5) is 14.5 Å². The van der Waals surface area contributed by atoms with Crippen LogP contribution in [0.2, 0.25) is 0 Å². The van der Waals surface area contributed by atoms with Gasteiger partial charge in [-0.3, -0.25) is 4.79 Å². The summed E-state index contributed by atoms with van der Waals surface area (Å²) in [5.74, 6) is -3.09. The predicted octanol–water partition coefficient (Wildman–Crippen LogP) is 4.06. The number of carbonyl (C=O) groups is 1. The van der Waals surface area contributed by atoms with Gasteiger partial charge in [0.2, 0.25) is 0 Å². The number of benzene rings is 1. The van der Waals surface area contributed by atoms with E-state index in [0.29, 0.717) is 35.4 Å². The number of thioether (sulfide) groups is 1. The van der Waals surface area contributed by atoms with Crippen LogP contribution in [-0.2, 0) is 0 Å². The number of aromatic nitrogens is 2. The zero-order valence-corrected chi connectivity index (χ0v) is 14.3. The van der Waals surface area contributed by atoms with Crippen LogP contribution >= 0.6 is 11.8 Å². The van der Waals surface area contributed by atoms with Crippen molar-refractivity contribution < 1.29 is 18.3 Å². The first-order valence-electron chi connectivity index (χ1n) is 7.25. The fraction of sp³-hybridized carbons (Fsp3) is 0.312. The smallest absolute Gasteiger partial charge is 0.316 e. The van der Waals surface area contributed by atoms with Crippen molar-refractivity contribution in [3.05, 3.63) is 41.2 Å². The fourth-order valence-corrected chi connectivity index (χ4v) is 2.73. The summed E-state index contributed by atoms with van der Waals surface area (Å²) >= 11 is 0.336. The van der Waals surface area contributed by atoms with E-state index in [1.807, 2.05) is 6.92 Å². The highest BCUT2D eigenvalue weighted by Gasteiger charge is 2.18. The number of hydrogen-bond acceptors (Lipinski definition) is 5. The van der Waals surface area contributed by atoms with Gasteiger partial charge in [-0.1, -0.05) is 23.9 Å². The molecule has 1 aromatic heterocycles. The number of hydrogen-bond donors (Lipinski definition) is 1. The molecule has 0 saturated carbocycles. The molecular weight excluding hydrogens is 336 g/mol. The Morgan fingerprint density at radius 2 is 1.88 bits per heavy atom. The topological polar surface area (TPSA) is 64.1 Å². The number of anilines is 1. The first-order valence-corrected chi connectivity index (χ1v) is 8.13. The maximum absolute atomic E-state index is 12.6. The highest BCUT2D eigenvalue weighted by Crippen LogP contribution is 2.29. The van der Waals surface area contributed by atoms with Gasteiger partial charge in [0.05, 0.1) is 29.2 Å². The third-order valence-electron chi connectivity index (χ3n) is 3.11. The molecule has 0 aliphatic heterocycles. The Bertz CT molecular complexity index is 718. The van der Waals surface area contributed by atoms with E-state index in [2.05, 4.69) is 15.3 Å². The Labute approximate surface area is 142 Å². The molecule has 0 aliphatic carbocycles. The molecule has 2 aromatic rings. The van der Waals surface area contributed by atoms with E-state index in [1.54, 1.807) is 26.0 Å². The summed E-state index contributed by atoms with van der Waals surface area (Å²) in [6, 6.07) is 6.45. The summed E-state index contributed by atoms with van der Waals surface area (Å²) in [6.45, 7) is 5.68. The lowest BCUT2D eigenvalue weighted by Gasteiger charge is -2.13. The molecule has 1 heterocycles. The maximum Gasteiger partial charge on any atom is 0.316 e. The van der Waals surface area contributed by atoms with Gasteiger partial charge >= 0.3 is 6.01 Å². The predicted molar refractivity (Wildman–Crippen MR) is 88.9 cm³/mol. The zero-order valence-electron chi connectivity index (χ0n) is 13.5. The van der Waals surface area contributed by atoms with Crippen LogP contribution in [0, 0.1) is 13.8 Å². The standard InChI is InChI=1S/C16H17F2N3O2S/c1-4-23-16-19-9(2)13(10(3)20-16)21-14(22)11-7-5-6-8-12(11)24-15(17)18/h5-8,15H,4H2,1-3H3,(H,21,22). The van der Waals surface area contributed by atoms with Gasteiger partial charge in [0, 0.05) is 4.90 Å². The van der Waals surface area contributed by atoms with E-state index in [4.69, 9.17) is 4.74 Å². The van der Waals surface area contributed by atoms with Gasteiger partial charge in [-0.25, -0.2) is 0 Å². The SMILES string of the molecule is CCOc1nc(C)c(NC(=O)c2ccccc2SC(F)F)c(C)n1. The van der Waals surface area contributed by atoms with E-state index in [1.165, 1.54) is 12.1 Å². The average molecular weight is 353 g/mol. The molecule has 5 nitrogen and oxygen atoms in total. The molecule has 0 radical (unpaired) electrons. The molecule has 1 N–H and O–H groups in total. The summed E-state index contributed by atoms with van der Waals surface area (Å²) in [5, 5.41) is 2.70. The molecular formula is C16H17F2N3O2S. The second kappa shape index (κ2) is 8.05. The molecule has 0 saturated heterocycles. The zero-order chi connectivity index (χ0) is 17.7. The normalized spacial score (nSPS) is 10.8. The number of halogens is 2. The van der Waals surface area contributed by atoms with Crippen molar-refractivity contribution in [3.63, 3.8) is 0 Å². The highest BCUT2D eigenvalue weighted by atomic mass is 32.2. The van der Waals surface area contributed by atoms with Gasteiger partial charge in [0.1, 0.15) is 0 Å². The molecule has 8 heteroatoms. The molecule has 0 unspecified atom stereocenters. The number of rotatable bonds is 6. The third-order valence-corrected chi connectivity index (χ3v) is 3.90. The molecule has 1 aromatic carbocycles. The molecule has 0 fully saturated rings. The Hall–Kier alpha value is -2.22. The van der Waals surface area contributed by atoms with Gasteiger partial charge in [-0.2, -0.15) is 18.7 Å².